The predicted octanol–water partition coefficient (Wildman–Crippen LogP) is 1.57. The molecule has 1 amide bonds. The maximum absolute atomic E-state index is 11.2. The van der Waals surface area contributed by atoms with E-state index in [0.717, 1.165) is 0 Å². The molecule has 0 aliphatic rings. The molecule has 0 aliphatic carbocycles. The van der Waals surface area contributed by atoms with Crippen molar-refractivity contribution in [2.24, 2.45) is 5.73 Å². The zero-order chi connectivity index (χ0) is 9.68. The van der Waals surface area contributed by atoms with Crippen LogP contribution in [-0.4, -0.2) is 11.2 Å². The van der Waals surface area contributed by atoms with Crippen molar-refractivity contribution in [1.29, 1.82) is 0 Å². The number of carbonyl (C=O) groups excluding carboxylic acids is 2. The molecular formula is C8H7NO3S. The van der Waals surface area contributed by atoms with Crippen molar-refractivity contribution >= 4 is 23.3 Å². The maximum Gasteiger partial charge on any atom is 0.417 e. The number of rotatable bonds is 1. The molecule has 0 bridgehead atoms. The molecule has 1 rings (SSSR count). The molecule has 0 aromatic heterocycles. The molecule has 0 saturated heterocycles. The molecule has 0 radical (unpaired) electrons. The van der Waals surface area contributed by atoms with Crippen molar-refractivity contribution in [2.75, 3.05) is 0 Å². The van der Waals surface area contributed by atoms with Crippen LogP contribution in [0.1, 0.15) is 10.4 Å². The first-order valence-corrected chi connectivity index (χ1v) is 4.17. The molecule has 1 aromatic carbocycles. The Morgan fingerprint density at radius 1 is 1.23 bits per heavy atom. The van der Waals surface area contributed by atoms with E-state index in [4.69, 9.17) is 0 Å². The smallest absolute Gasteiger partial charge is 0.366 e. The number of hydrogen-bond acceptors (Lipinski definition) is 4. The summed E-state index contributed by atoms with van der Waals surface area (Å²) in [5.41, 5.74) is 5.15. The van der Waals surface area contributed by atoms with Crippen LogP contribution in [0.5, 0.6) is 0 Å². The lowest BCUT2D eigenvalue weighted by molar-refractivity contribution is 0.108. The third-order valence-electron chi connectivity index (χ3n) is 1.21. The van der Waals surface area contributed by atoms with Gasteiger partial charge < -0.3 is 9.92 Å². The van der Waals surface area contributed by atoms with Gasteiger partial charge in [-0.25, -0.2) is 4.79 Å². The minimum Gasteiger partial charge on any atom is -0.366 e. The van der Waals surface area contributed by atoms with E-state index in [1.165, 1.54) is 0 Å². The molecule has 0 spiro atoms. The fourth-order valence-corrected chi connectivity index (χ4v) is 1.09. The molecule has 1 aromatic rings. The minimum absolute atomic E-state index is 0.348. The van der Waals surface area contributed by atoms with Gasteiger partial charge in [0.05, 0.1) is 0 Å². The summed E-state index contributed by atoms with van der Waals surface area (Å²) in [4.78, 5) is 21.3. The molecule has 4 nitrogen and oxygen atoms in total. The molecule has 13 heavy (non-hydrogen) atoms. The molecule has 0 aliphatic heterocycles. The largest absolute Gasteiger partial charge is 0.417 e. The second-order valence-electron chi connectivity index (χ2n) is 2.14. The Balaban J connectivity index is 2.54. The van der Waals surface area contributed by atoms with Crippen molar-refractivity contribution in [3.05, 3.63) is 35.9 Å². The Bertz CT molecular complexity index is 312. The highest BCUT2D eigenvalue weighted by Crippen LogP contribution is 2.12. The second-order valence-corrected chi connectivity index (χ2v) is 2.84. The molecule has 2 N–H and O–H groups in total. The van der Waals surface area contributed by atoms with Crippen LogP contribution in [0.25, 0.3) is 0 Å². The molecular weight excluding hydrogens is 190 g/mol. The number of benzene rings is 1. The molecule has 0 fully saturated rings. The van der Waals surface area contributed by atoms with E-state index in [-0.39, 0.29) is 5.12 Å². The van der Waals surface area contributed by atoms with Gasteiger partial charge >= 0.3 is 6.09 Å². The third kappa shape index (κ3) is 3.16. The topological polar surface area (TPSA) is 69.4 Å². The van der Waals surface area contributed by atoms with Crippen LogP contribution in [0, 0.1) is 0 Å². The SMILES string of the molecule is NC(=O)OSC(=O)c1ccccc1. The van der Waals surface area contributed by atoms with E-state index in [1.54, 1.807) is 30.3 Å². The first-order valence-electron chi connectivity index (χ1n) is 3.43. The first kappa shape index (κ1) is 9.60. The van der Waals surface area contributed by atoms with Crippen molar-refractivity contribution in [3.63, 3.8) is 0 Å². The summed E-state index contributed by atoms with van der Waals surface area (Å²) in [6.07, 6.45) is -0.978. The molecule has 0 atom stereocenters. The van der Waals surface area contributed by atoms with Crippen LogP contribution >= 0.6 is 12.0 Å². The van der Waals surface area contributed by atoms with Crippen LogP contribution in [0.15, 0.2) is 30.3 Å². The van der Waals surface area contributed by atoms with Crippen molar-refractivity contribution < 1.29 is 13.8 Å². The van der Waals surface area contributed by atoms with Gasteiger partial charge in [0.15, 0.2) is 0 Å². The molecule has 0 heterocycles. The average molecular weight is 197 g/mol. The average Bonchev–Trinajstić information content (AvgIpc) is 2.15. The van der Waals surface area contributed by atoms with Crippen molar-refractivity contribution in [1.82, 2.24) is 0 Å². The Hall–Kier alpha value is -1.49. The van der Waals surface area contributed by atoms with Crippen molar-refractivity contribution in [2.45, 2.75) is 0 Å². The lowest BCUT2D eigenvalue weighted by Crippen LogP contribution is -2.10. The first-order chi connectivity index (χ1) is 6.20. The van der Waals surface area contributed by atoms with Gasteiger partial charge in [0.2, 0.25) is 0 Å². The van der Waals surface area contributed by atoms with Crippen LogP contribution in [0.3, 0.4) is 0 Å². The van der Waals surface area contributed by atoms with Crippen LogP contribution in [0.4, 0.5) is 4.79 Å². The van der Waals surface area contributed by atoms with E-state index in [2.05, 4.69) is 9.92 Å². The lowest BCUT2D eigenvalue weighted by Gasteiger charge is -1.97. The van der Waals surface area contributed by atoms with Gasteiger partial charge in [0.1, 0.15) is 12.0 Å². The zero-order valence-electron chi connectivity index (χ0n) is 6.60. The lowest BCUT2D eigenvalue weighted by atomic mass is 10.2. The second kappa shape index (κ2) is 4.51. The van der Waals surface area contributed by atoms with Crippen LogP contribution in [-0.2, 0) is 4.18 Å². The van der Waals surface area contributed by atoms with E-state index < -0.39 is 6.09 Å². The predicted molar refractivity (Wildman–Crippen MR) is 49.0 cm³/mol. The van der Waals surface area contributed by atoms with Crippen LogP contribution < -0.4 is 5.73 Å². The highest BCUT2D eigenvalue weighted by atomic mass is 32.2. The Morgan fingerprint density at radius 3 is 2.38 bits per heavy atom. The highest BCUT2D eigenvalue weighted by molar-refractivity contribution is 8.10. The van der Waals surface area contributed by atoms with Gasteiger partial charge in [-0.2, -0.15) is 0 Å². The Labute approximate surface area is 79.3 Å². The van der Waals surface area contributed by atoms with E-state index in [9.17, 15) is 9.59 Å². The number of nitrogens with two attached hydrogens (primary N) is 1. The summed E-state index contributed by atoms with van der Waals surface area (Å²) in [7, 11) is 0. The molecule has 5 heteroatoms. The van der Waals surface area contributed by atoms with Crippen LogP contribution in [0.2, 0.25) is 0 Å². The number of primary amides is 1. The summed E-state index contributed by atoms with van der Waals surface area (Å²) < 4.78 is 4.26. The number of hydrogen-bond donors (Lipinski definition) is 1. The van der Waals surface area contributed by atoms with Gasteiger partial charge in [-0.15, -0.1) is 0 Å². The van der Waals surface area contributed by atoms with Gasteiger partial charge in [0.25, 0.3) is 5.12 Å². The Morgan fingerprint density at radius 2 is 1.85 bits per heavy atom. The molecule has 0 saturated carbocycles. The van der Waals surface area contributed by atoms with Gasteiger partial charge in [0, 0.05) is 5.56 Å². The highest BCUT2D eigenvalue weighted by Gasteiger charge is 2.08. The molecule has 0 unspecified atom stereocenters. The standard InChI is InChI=1S/C8H7NO3S/c9-8(11)12-13-7(10)6-4-2-1-3-5-6/h1-5H,(H2,9,11). The summed E-state index contributed by atoms with van der Waals surface area (Å²) in [5.74, 6) is 0. The zero-order valence-corrected chi connectivity index (χ0v) is 7.41. The Kier molecular flexibility index (Phi) is 3.33. The summed E-state index contributed by atoms with van der Waals surface area (Å²) in [5, 5.41) is -0.348. The number of carbonyl (C=O) groups is 2. The van der Waals surface area contributed by atoms with Gasteiger partial charge in [-0.05, 0) is 0 Å². The van der Waals surface area contributed by atoms with E-state index >= 15 is 0 Å². The number of amides is 1. The van der Waals surface area contributed by atoms with E-state index in [1.807, 2.05) is 0 Å². The molecule has 68 valence electrons. The monoisotopic (exact) mass is 197 g/mol. The third-order valence-corrected chi connectivity index (χ3v) is 1.84. The summed E-state index contributed by atoms with van der Waals surface area (Å²) >= 11 is 0.424. The summed E-state index contributed by atoms with van der Waals surface area (Å²) in [6.45, 7) is 0. The summed E-state index contributed by atoms with van der Waals surface area (Å²) in [6, 6.07) is 8.48. The van der Waals surface area contributed by atoms with E-state index in [0.29, 0.717) is 17.6 Å². The van der Waals surface area contributed by atoms with Gasteiger partial charge in [-0.3, -0.25) is 4.79 Å². The fraction of sp³-hybridized carbons (Fsp3) is 0. The minimum atomic E-state index is -0.978. The fourth-order valence-electron chi connectivity index (χ4n) is 0.701. The maximum atomic E-state index is 11.2. The van der Waals surface area contributed by atoms with Gasteiger partial charge in [-0.1, -0.05) is 30.3 Å². The normalized spacial score (nSPS) is 9.23. The quantitative estimate of drug-likeness (QED) is 0.694. The van der Waals surface area contributed by atoms with Crippen molar-refractivity contribution in [3.8, 4) is 0 Å².